The van der Waals surface area contributed by atoms with E-state index in [-0.39, 0.29) is 11.8 Å². The average Bonchev–Trinajstić information content (AvgIpc) is 2.05. The highest BCUT2D eigenvalue weighted by molar-refractivity contribution is 5.80. The summed E-state index contributed by atoms with van der Waals surface area (Å²) >= 11 is 0. The van der Waals surface area contributed by atoms with Crippen molar-refractivity contribution in [3.63, 3.8) is 0 Å². The van der Waals surface area contributed by atoms with E-state index in [4.69, 9.17) is 5.11 Å². The van der Waals surface area contributed by atoms with Crippen molar-refractivity contribution >= 4 is 11.9 Å². The lowest BCUT2D eigenvalue weighted by Gasteiger charge is -2.29. The molecule has 1 amide bonds. The number of piperidine rings is 1. The van der Waals surface area contributed by atoms with Crippen molar-refractivity contribution in [3.8, 4) is 0 Å². The van der Waals surface area contributed by atoms with Gasteiger partial charge in [0.05, 0.1) is 5.92 Å². The largest absolute Gasteiger partial charge is 0.481 e. The summed E-state index contributed by atoms with van der Waals surface area (Å²) in [6.45, 7) is 2.86. The second-order valence-corrected chi connectivity index (χ2v) is 3.01. The maximum atomic E-state index is 11.1. The summed E-state index contributed by atoms with van der Waals surface area (Å²) in [5, 5.41) is 8.70. The minimum absolute atomic E-state index is 0.0787. The summed E-state index contributed by atoms with van der Waals surface area (Å²) in [6, 6.07) is 0. The molecule has 0 saturated carbocycles. The van der Waals surface area contributed by atoms with Gasteiger partial charge in [-0.25, -0.2) is 0 Å². The van der Waals surface area contributed by atoms with Crippen LogP contribution >= 0.6 is 0 Å². The predicted molar refractivity (Wildman–Crippen MR) is 42.6 cm³/mol. The number of hydrogen-bond acceptors (Lipinski definition) is 2. The van der Waals surface area contributed by atoms with Gasteiger partial charge in [0, 0.05) is 19.5 Å². The van der Waals surface area contributed by atoms with Crippen molar-refractivity contribution in [3.05, 3.63) is 0 Å². The Morgan fingerprint density at radius 2 is 2.42 bits per heavy atom. The number of likely N-dealkylation sites (tertiary alicyclic amines) is 1. The van der Waals surface area contributed by atoms with E-state index in [1.54, 1.807) is 4.90 Å². The van der Waals surface area contributed by atoms with E-state index in [1.807, 2.05) is 6.92 Å². The van der Waals surface area contributed by atoms with E-state index in [1.165, 1.54) is 0 Å². The normalized spacial score (nSPS) is 24.2. The van der Waals surface area contributed by atoms with Crippen LogP contribution in [0.4, 0.5) is 0 Å². The Hall–Kier alpha value is -1.06. The molecule has 0 aromatic carbocycles. The maximum absolute atomic E-state index is 11.1. The van der Waals surface area contributed by atoms with Crippen molar-refractivity contribution in [1.29, 1.82) is 0 Å². The molecule has 1 aliphatic rings. The molecular weight excluding hydrogens is 158 g/mol. The van der Waals surface area contributed by atoms with E-state index in [0.29, 0.717) is 25.9 Å². The SMILES string of the molecule is CCN1C[C@@H](C(=O)O)CCC1=O. The van der Waals surface area contributed by atoms with Crippen molar-refractivity contribution in [2.75, 3.05) is 13.1 Å². The number of carboxylic acids is 1. The Balaban J connectivity index is 2.55. The summed E-state index contributed by atoms with van der Waals surface area (Å²) in [5.74, 6) is -1.07. The van der Waals surface area contributed by atoms with Crippen LogP contribution in [0.15, 0.2) is 0 Å². The molecule has 1 aliphatic heterocycles. The van der Waals surface area contributed by atoms with Crippen LogP contribution in [0.25, 0.3) is 0 Å². The highest BCUT2D eigenvalue weighted by atomic mass is 16.4. The lowest BCUT2D eigenvalue weighted by Crippen LogP contribution is -2.42. The third-order valence-electron chi connectivity index (χ3n) is 2.23. The Bertz CT molecular complexity index is 202. The Kier molecular flexibility index (Phi) is 2.68. The van der Waals surface area contributed by atoms with Crippen LogP contribution in [0.5, 0.6) is 0 Å². The van der Waals surface area contributed by atoms with Gasteiger partial charge in [0.2, 0.25) is 5.91 Å². The standard InChI is InChI=1S/C8H13NO3/c1-2-9-5-6(8(11)12)3-4-7(9)10/h6H,2-5H2,1H3,(H,11,12)/t6-/m0/s1. The van der Waals surface area contributed by atoms with Crippen LogP contribution in [0, 0.1) is 5.92 Å². The second kappa shape index (κ2) is 3.56. The molecule has 1 saturated heterocycles. The first kappa shape index (κ1) is 9.03. The fraction of sp³-hybridized carbons (Fsp3) is 0.750. The second-order valence-electron chi connectivity index (χ2n) is 3.01. The summed E-state index contributed by atoms with van der Waals surface area (Å²) < 4.78 is 0. The van der Waals surface area contributed by atoms with Gasteiger partial charge in [-0.1, -0.05) is 0 Å². The van der Waals surface area contributed by atoms with Crippen LogP contribution in [0.1, 0.15) is 19.8 Å². The quantitative estimate of drug-likeness (QED) is 0.651. The molecule has 68 valence electrons. The molecule has 4 nitrogen and oxygen atoms in total. The topological polar surface area (TPSA) is 57.6 Å². The number of carbonyl (C=O) groups excluding carboxylic acids is 1. The lowest BCUT2D eigenvalue weighted by atomic mass is 9.98. The minimum Gasteiger partial charge on any atom is -0.481 e. The molecule has 0 radical (unpaired) electrons. The van der Waals surface area contributed by atoms with Crippen LogP contribution in [0.3, 0.4) is 0 Å². The molecule has 12 heavy (non-hydrogen) atoms. The van der Waals surface area contributed by atoms with Crippen LogP contribution in [-0.2, 0) is 9.59 Å². The molecule has 0 aromatic heterocycles. The summed E-state index contributed by atoms with van der Waals surface area (Å²) in [7, 11) is 0. The number of nitrogens with zero attached hydrogens (tertiary/aromatic N) is 1. The third kappa shape index (κ3) is 1.75. The molecular formula is C8H13NO3. The molecule has 0 unspecified atom stereocenters. The molecule has 0 spiro atoms. The average molecular weight is 171 g/mol. The monoisotopic (exact) mass is 171 g/mol. The van der Waals surface area contributed by atoms with E-state index in [2.05, 4.69) is 0 Å². The van der Waals surface area contributed by atoms with Gasteiger partial charge in [-0.2, -0.15) is 0 Å². The number of amides is 1. The van der Waals surface area contributed by atoms with Gasteiger partial charge in [-0.15, -0.1) is 0 Å². The van der Waals surface area contributed by atoms with E-state index in [0.717, 1.165) is 0 Å². The Morgan fingerprint density at radius 1 is 1.75 bits per heavy atom. The number of carboxylic acid groups (broad SMARTS) is 1. The van der Waals surface area contributed by atoms with Crippen molar-refractivity contribution in [1.82, 2.24) is 4.90 Å². The van der Waals surface area contributed by atoms with Gasteiger partial charge in [-0.3, -0.25) is 9.59 Å². The van der Waals surface area contributed by atoms with Crippen LogP contribution in [0.2, 0.25) is 0 Å². The molecule has 1 atom stereocenters. The van der Waals surface area contributed by atoms with Crippen molar-refractivity contribution in [2.45, 2.75) is 19.8 Å². The summed E-state index contributed by atoms with van der Waals surface area (Å²) in [6.07, 6.45) is 0.871. The number of rotatable bonds is 2. The van der Waals surface area contributed by atoms with Gasteiger partial charge in [-0.05, 0) is 13.3 Å². The lowest BCUT2D eigenvalue weighted by molar-refractivity contribution is -0.147. The zero-order valence-electron chi connectivity index (χ0n) is 7.12. The molecule has 1 heterocycles. The fourth-order valence-electron chi connectivity index (χ4n) is 1.42. The molecule has 1 N–H and O–H groups in total. The molecule has 0 aromatic rings. The van der Waals surface area contributed by atoms with Gasteiger partial charge >= 0.3 is 5.97 Å². The zero-order valence-corrected chi connectivity index (χ0v) is 7.12. The van der Waals surface area contributed by atoms with Crippen molar-refractivity contribution in [2.24, 2.45) is 5.92 Å². The molecule has 0 aliphatic carbocycles. The smallest absolute Gasteiger partial charge is 0.308 e. The first-order chi connectivity index (χ1) is 5.65. The number of hydrogen-bond donors (Lipinski definition) is 1. The van der Waals surface area contributed by atoms with Gasteiger partial charge < -0.3 is 10.0 Å². The highest BCUT2D eigenvalue weighted by Gasteiger charge is 2.28. The van der Waals surface area contributed by atoms with Crippen molar-refractivity contribution < 1.29 is 14.7 Å². The Morgan fingerprint density at radius 3 is 2.92 bits per heavy atom. The van der Waals surface area contributed by atoms with Gasteiger partial charge in [0.25, 0.3) is 0 Å². The number of aliphatic carboxylic acids is 1. The fourth-order valence-corrected chi connectivity index (χ4v) is 1.42. The predicted octanol–water partition coefficient (Wildman–Crippen LogP) is 0.329. The Labute approximate surface area is 71.2 Å². The summed E-state index contributed by atoms with van der Waals surface area (Å²) in [5.41, 5.74) is 0. The molecule has 1 fully saturated rings. The first-order valence-corrected chi connectivity index (χ1v) is 4.15. The molecule has 0 bridgehead atoms. The summed E-state index contributed by atoms with van der Waals surface area (Å²) in [4.78, 5) is 23.3. The first-order valence-electron chi connectivity index (χ1n) is 4.15. The molecule has 4 heteroatoms. The third-order valence-corrected chi connectivity index (χ3v) is 2.23. The van der Waals surface area contributed by atoms with Gasteiger partial charge in [0.1, 0.15) is 0 Å². The van der Waals surface area contributed by atoms with E-state index >= 15 is 0 Å². The number of carbonyl (C=O) groups is 2. The van der Waals surface area contributed by atoms with Crippen LogP contribution in [-0.4, -0.2) is 35.0 Å². The maximum Gasteiger partial charge on any atom is 0.308 e. The van der Waals surface area contributed by atoms with Gasteiger partial charge in [0.15, 0.2) is 0 Å². The highest BCUT2D eigenvalue weighted by Crippen LogP contribution is 2.16. The van der Waals surface area contributed by atoms with E-state index in [9.17, 15) is 9.59 Å². The zero-order chi connectivity index (χ0) is 9.14. The molecule has 1 rings (SSSR count). The minimum atomic E-state index is -0.791. The van der Waals surface area contributed by atoms with E-state index < -0.39 is 5.97 Å². The van der Waals surface area contributed by atoms with Crippen LogP contribution < -0.4 is 0 Å².